The molecule has 0 bridgehead atoms. The van der Waals surface area contributed by atoms with Crippen LogP contribution in [-0.2, 0) is 47.9 Å². The summed E-state index contributed by atoms with van der Waals surface area (Å²) in [6, 6.07) is -7.53. The van der Waals surface area contributed by atoms with Gasteiger partial charge in [-0.05, 0) is 39.0 Å². The molecule has 0 aromatic heterocycles. The van der Waals surface area contributed by atoms with Gasteiger partial charge in [0.25, 0.3) is 0 Å². The molecule has 49 heavy (non-hydrogen) atoms. The van der Waals surface area contributed by atoms with Crippen molar-refractivity contribution in [2.75, 3.05) is 19.6 Å². The highest BCUT2D eigenvalue weighted by molar-refractivity contribution is 5.98. The summed E-state index contributed by atoms with van der Waals surface area (Å²) in [6.45, 7) is -0.486. The highest BCUT2D eigenvalue weighted by Gasteiger charge is 2.40. The lowest BCUT2D eigenvalue weighted by molar-refractivity contribution is -0.143. The van der Waals surface area contributed by atoms with Gasteiger partial charge in [-0.3, -0.25) is 47.9 Å². The quantitative estimate of drug-likeness (QED) is 0.102. The number of carbonyl (C=O) groups is 10. The summed E-state index contributed by atoms with van der Waals surface area (Å²) in [6.07, 6.45) is -4.31. The maximum atomic E-state index is 13.6. The number of rotatable bonds is 10. The van der Waals surface area contributed by atoms with Gasteiger partial charge in [-0.25, -0.2) is 0 Å². The lowest BCUT2D eigenvalue weighted by Gasteiger charge is -2.30. The van der Waals surface area contributed by atoms with E-state index in [9.17, 15) is 63.3 Å². The number of hydrogen-bond donors (Lipinski definition) is 10. The van der Waals surface area contributed by atoms with Gasteiger partial charge in [0, 0.05) is 25.8 Å². The number of amides is 7. The van der Waals surface area contributed by atoms with Crippen molar-refractivity contribution in [3.05, 3.63) is 0 Å². The van der Waals surface area contributed by atoms with Crippen LogP contribution >= 0.6 is 0 Å². The minimum atomic E-state index is -1.72. The molecule has 2 fully saturated rings. The van der Waals surface area contributed by atoms with Crippen molar-refractivity contribution < 1.29 is 68.4 Å². The van der Waals surface area contributed by atoms with Crippen LogP contribution in [-0.4, -0.2) is 141 Å². The Morgan fingerprint density at radius 1 is 0.673 bits per heavy atom. The number of aliphatic hydroxyl groups excluding tert-OH is 1. The Balaban J connectivity index is 2.48. The summed E-state index contributed by atoms with van der Waals surface area (Å²) in [5.41, 5.74) is 0. The molecule has 0 saturated carbocycles. The molecule has 7 amide bonds. The minimum Gasteiger partial charge on any atom is -0.481 e. The highest BCUT2D eigenvalue weighted by Crippen LogP contribution is 2.20. The van der Waals surface area contributed by atoms with Crippen LogP contribution in [0.2, 0.25) is 0 Å². The molecule has 2 aliphatic heterocycles. The van der Waals surface area contributed by atoms with Crippen molar-refractivity contribution in [1.29, 1.82) is 0 Å². The molecule has 10 N–H and O–H groups in total. The van der Waals surface area contributed by atoms with Gasteiger partial charge in [0.15, 0.2) is 0 Å². The van der Waals surface area contributed by atoms with Gasteiger partial charge in [0.05, 0.1) is 19.2 Å². The first-order valence-corrected chi connectivity index (χ1v) is 15.4. The van der Waals surface area contributed by atoms with E-state index in [-0.39, 0.29) is 13.0 Å². The van der Waals surface area contributed by atoms with E-state index in [4.69, 9.17) is 5.11 Å². The van der Waals surface area contributed by atoms with Crippen LogP contribution in [0.1, 0.15) is 58.3 Å². The van der Waals surface area contributed by atoms with Crippen molar-refractivity contribution in [3.63, 3.8) is 0 Å². The Kier molecular flexibility index (Phi) is 15.3. The first kappa shape index (κ1) is 39.8. The van der Waals surface area contributed by atoms with E-state index in [1.54, 1.807) is 0 Å². The molecule has 21 nitrogen and oxygen atoms in total. The van der Waals surface area contributed by atoms with Crippen molar-refractivity contribution in [2.45, 2.75) is 94.6 Å². The standard InChI is InChI=1S/C28H41N7O14/c1-13(36)23-27(48)30-12-18(37)31-14(4-7-20(39)40)24(45)29-11-19(38)32-16(6-9-22(43)44)28(49)35-10-2-3-17(35)26(47)33-15(25(46)34-23)5-8-21(41)42/h13-17,23,36H,2-12H2,1H3,(H,29,45)(H,30,48)(H,31,37)(H,32,38)(H,33,47)(H,34,46)(H,39,40)(H,41,42)(H,43,44)/t13-,14+,15+,16+,17+,23+/m1/s1. The minimum absolute atomic E-state index is 0.00564. The second-order valence-electron chi connectivity index (χ2n) is 11.5. The third kappa shape index (κ3) is 13.0. The molecule has 0 aliphatic carbocycles. The third-order valence-electron chi connectivity index (χ3n) is 7.61. The lowest BCUT2D eigenvalue weighted by atomic mass is 10.1. The van der Waals surface area contributed by atoms with Gasteiger partial charge in [-0.2, -0.15) is 0 Å². The fourth-order valence-electron chi connectivity index (χ4n) is 5.09. The summed E-state index contributed by atoms with van der Waals surface area (Å²) < 4.78 is 0. The first-order chi connectivity index (χ1) is 23.0. The Morgan fingerprint density at radius 3 is 1.65 bits per heavy atom. The Bertz CT molecular complexity index is 1320. The predicted octanol–water partition coefficient (Wildman–Crippen LogP) is -4.86. The number of carboxylic acids is 3. The van der Waals surface area contributed by atoms with Gasteiger partial charge < -0.3 is 57.2 Å². The molecule has 0 spiro atoms. The van der Waals surface area contributed by atoms with E-state index in [1.165, 1.54) is 0 Å². The third-order valence-corrected chi connectivity index (χ3v) is 7.61. The molecule has 0 aromatic carbocycles. The largest absolute Gasteiger partial charge is 0.481 e. The van der Waals surface area contributed by atoms with E-state index in [0.717, 1.165) is 11.8 Å². The van der Waals surface area contributed by atoms with E-state index in [0.29, 0.717) is 6.42 Å². The van der Waals surface area contributed by atoms with Gasteiger partial charge in [-0.15, -0.1) is 0 Å². The molecule has 0 radical (unpaired) electrons. The summed E-state index contributed by atoms with van der Waals surface area (Å²) >= 11 is 0. The van der Waals surface area contributed by atoms with Crippen molar-refractivity contribution in [1.82, 2.24) is 36.8 Å². The van der Waals surface area contributed by atoms with E-state index >= 15 is 0 Å². The number of carboxylic acid groups (broad SMARTS) is 3. The maximum absolute atomic E-state index is 13.6. The average molecular weight is 700 g/mol. The highest BCUT2D eigenvalue weighted by atomic mass is 16.4. The number of aliphatic hydroxyl groups is 1. The van der Waals surface area contributed by atoms with E-state index < -0.39 is 147 Å². The molecule has 21 heteroatoms. The normalized spacial score (nSPS) is 25.6. The zero-order chi connectivity index (χ0) is 36.8. The second kappa shape index (κ2) is 18.9. The summed E-state index contributed by atoms with van der Waals surface area (Å²) in [5, 5.41) is 51.2. The number of fused-ring (bicyclic) bond motifs is 1. The Morgan fingerprint density at radius 2 is 1.14 bits per heavy atom. The smallest absolute Gasteiger partial charge is 0.303 e. The molecule has 272 valence electrons. The number of carbonyl (C=O) groups excluding carboxylic acids is 7. The van der Waals surface area contributed by atoms with Crippen LogP contribution in [0.5, 0.6) is 0 Å². The summed E-state index contributed by atoms with van der Waals surface area (Å²) in [5.74, 6) is -10.8. The predicted molar refractivity (Wildman–Crippen MR) is 161 cm³/mol. The van der Waals surface area contributed by atoms with Gasteiger partial charge >= 0.3 is 17.9 Å². The molecule has 0 unspecified atom stereocenters. The van der Waals surface area contributed by atoms with Gasteiger partial charge in [-0.1, -0.05) is 0 Å². The van der Waals surface area contributed by atoms with Crippen LogP contribution < -0.4 is 31.9 Å². The molecular formula is C28H41N7O14. The van der Waals surface area contributed by atoms with Crippen LogP contribution in [0.4, 0.5) is 0 Å². The number of hydrogen-bond acceptors (Lipinski definition) is 11. The summed E-state index contributed by atoms with van der Waals surface area (Å²) in [7, 11) is 0. The fourth-order valence-corrected chi connectivity index (χ4v) is 5.09. The maximum Gasteiger partial charge on any atom is 0.303 e. The van der Waals surface area contributed by atoms with Gasteiger partial charge in [0.1, 0.15) is 30.2 Å². The molecule has 2 rings (SSSR count). The molecule has 2 saturated heterocycles. The number of nitrogens with one attached hydrogen (secondary N) is 6. The lowest BCUT2D eigenvalue weighted by Crippen LogP contribution is -2.60. The number of nitrogens with zero attached hydrogens (tertiary/aromatic N) is 1. The molecule has 2 aliphatic rings. The van der Waals surface area contributed by atoms with Crippen molar-refractivity contribution >= 4 is 59.3 Å². The van der Waals surface area contributed by atoms with Crippen molar-refractivity contribution in [2.24, 2.45) is 0 Å². The van der Waals surface area contributed by atoms with Crippen LogP contribution in [0.25, 0.3) is 0 Å². The molecule has 6 atom stereocenters. The molecule has 2 heterocycles. The van der Waals surface area contributed by atoms with Crippen molar-refractivity contribution in [3.8, 4) is 0 Å². The monoisotopic (exact) mass is 699 g/mol. The Labute approximate surface area is 278 Å². The van der Waals surface area contributed by atoms with Crippen LogP contribution in [0.15, 0.2) is 0 Å². The number of aliphatic carboxylic acids is 3. The zero-order valence-electron chi connectivity index (χ0n) is 26.6. The zero-order valence-corrected chi connectivity index (χ0v) is 26.6. The Hall–Kier alpha value is -5.34. The fraction of sp³-hybridized carbons (Fsp3) is 0.643. The topological polar surface area (TPSA) is 327 Å². The second-order valence-corrected chi connectivity index (χ2v) is 11.5. The average Bonchev–Trinajstić information content (AvgIpc) is 3.52. The summed E-state index contributed by atoms with van der Waals surface area (Å²) in [4.78, 5) is 126. The molecular weight excluding hydrogens is 658 g/mol. The molecule has 0 aromatic rings. The van der Waals surface area contributed by atoms with Crippen LogP contribution in [0.3, 0.4) is 0 Å². The SMILES string of the molecule is C[C@@H](O)[C@@H]1NC(=O)[C@H](CCC(=O)O)NC(=O)[C@@H]2CCCN2C(=O)[C@H](CCC(=O)O)NC(=O)CNC(=O)[C@H](CCC(=O)O)NC(=O)CNC1=O. The van der Waals surface area contributed by atoms with E-state index in [2.05, 4.69) is 31.9 Å². The van der Waals surface area contributed by atoms with E-state index in [1.807, 2.05) is 0 Å². The first-order valence-electron chi connectivity index (χ1n) is 15.4. The van der Waals surface area contributed by atoms with Crippen LogP contribution in [0, 0.1) is 0 Å². The van der Waals surface area contributed by atoms with Gasteiger partial charge in [0.2, 0.25) is 41.4 Å².